The van der Waals surface area contributed by atoms with Crippen molar-refractivity contribution in [3.05, 3.63) is 29.8 Å². The smallest absolute Gasteiger partial charge is 0.258 e. The van der Waals surface area contributed by atoms with Gasteiger partial charge in [0.25, 0.3) is 5.91 Å². The van der Waals surface area contributed by atoms with Gasteiger partial charge in [-0.15, -0.1) is 0 Å². The van der Waals surface area contributed by atoms with Crippen LogP contribution in [0.2, 0.25) is 0 Å². The van der Waals surface area contributed by atoms with E-state index in [1.54, 1.807) is 24.3 Å². The van der Waals surface area contributed by atoms with E-state index in [1.165, 1.54) is 13.8 Å². The van der Waals surface area contributed by atoms with Crippen LogP contribution in [0.3, 0.4) is 0 Å². The van der Waals surface area contributed by atoms with Crippen LogP contribution < -0.4 is 21.5 Å². The zero-order valence-electron chi connectivity index (χ0n) is 11.8. The molecule has 0 aliphatic carbocycles. The molecule has 0 bridgehead atoms. The summed E-state index contributed by atoms with van der Waals surface area (Å²) in [6, 6.07) is 6.50. The van der Waals surface area contributed by atoms with Crippen molar-refractivity contribution in [1.82, 2.24) is 5.32 Å². The number of nitrogens with zero attached hydrogens (tertiary/aromatic N) is 1. The van der Waals surface area contributed by atoms with Gasteiger partial charge in [-0.05, 0) is 26.0 Å². The molecule has 2 amide bonds. The summed E-state index contributed by atoms with van der Waals surface area (Å²) in [5.41, 5.74) is 9.83. The lowest BCUT2D eigenvalue weighted by Crippen LogP contribution is -2.54. The minimum absolute atomic E-state index is 0.136. The molecule has 0 aliphatic rings. The van der Waals surface area contributed by atoms with Crippen LogP contribution in [0, 0.1) is 0 Å². The van der Waals surface area contributed by atoms with Crippen LogP contribution in [0.5, 0.6) is 5.75 Å². The molecule has 21 heavy (non-hydrogen) atoms. The summed E-state index contributed by atoms with van der Waals surface area (Å²) in [5.74, 6) is -1.04. The Bertz CT molecular complexity index is 569. The van der Waals surface area contributed by atoms with E-state index in [0.29, 0.717) is 5.56 Å². The Labute approximate surface area is 121 Å². The van der Waals surface area contributed by atoms with E-state index in [1.807, 2.05) is 0 Å². The molecular weight excluding hydrogens is 276 g/mol. The third kappa shape index (κ3) is 4.37. The molecule has 8 heteroatoms. The van der Waals surface area contributed by atoms with Crippen LogP contribution in [0.1, 0.15) is 19.4 Å². The third-order valence-electron chi connectivity index (χ3n) is 2.70. The molecule has 0 fully saturated rings. The topological polar surface area (TPSA) is 140 Å². The number of carbonyl (C=O) groups is 2. The summed E-state index contributed by atoms with van der Waals surface area (Å²) in [4.78, 5) is 22.9. The lowest BCUT2D eigenvalue weighted by Gasteiger charge is -2.22. The quantitative estimate of drug-likeness (QED) is 0.243. The van der Waals surface area contributed by atoms with Gasteiger partial charge in [-0.2, -0.15) is 0 Å². The van der Waals surface area contributed by atoms with Crippen molar-refractivity contribution < 1.29 is 19.5 Å². The van der Waals surface area contributed by atoms with E-state index in [4.69, 9.17) is 21.4 Å². The SMILES string of the molecule is CC(C)(NC(=O)COc1ccccc1C(N)=NO)C(N)=O. The molecule has 0 unspecified atom stereocenters. The van der Waals surface area contributed by atoms with Crippen molar-refractivity contribution in [2.75, 3.05) is 6.61 Å². The van der Waals surface area contributed by atoms with Gasteiger partial charge in [-0.1, -0.05) is 17.3 Å². The average molecular weight is 294 g/mol. The van der Waals surface area contributed by atoms with E-state index in [2.05, 4.69) is 10.5 Å². The first-order valence-corrected chi connectivity index (χ1v) is 6.08. The lowest BCUT2D eigenvalue weighted by atomic mass is 10.1. The Morgan fingerprint density at radius 1 is 1.33 bits per heavy atom. The number of amidine groups is 1. The van der Waals surface area contributed by atoms with E-state index < -0.39 is 17.4 Å². The first kappa shape index (κ1) is 16.3. The molecular formula is C13H18N4O4. The van der Waals surface area contributed by atoms with Crippen LogP contribution in [-0.4, -0.2) is 35.0 Å². The fourth-order valence-corrected chi connectivity index (χ4v) is 1.45. The van der Waals surface area contributed by atoms with Crippen molar-refractivity contribution >= 4 is 17.6 Å². The summed E-state index contributed by atoms with van der Waals surface area (Å²) in [7, 11) is 0. The standard InChI is InChI=1S/C13H18N4O4/c1-13(2,12(15)19)16-10(18)7-21-9-6-4-3-5-8(9)11(14)17-20/h3-6,20H,7H2,1-2H3,(H2,14,17)(H2,15,19)(H,16,18). The van der Waals surface area contributed by atoms with Crippen LogP contribution in [0.25, 0.3) is 0 Å². The predicted molar refractivity (Wildman–Crippen MR) is 75.9 cm³/mol. The van der Waals surface area contributed by atoms with Gasteiger partial charge in [0.15, 0.2) is 12.4 Å². The van der Waals surface area contributed by atoms with Gasteiger partial charge in [0, 0.05) is 0 Å². The minimum Gasteiger partial charge on any atom is -0.483 e. The Balaban J connectivity index is 2.73. The number of carbonyl (C=O) groups excluding carboxylic acids is 2. The fraction of sp³-hybridized carbons (Fsp3) is 0.308. The molecule has 1 aromatic carbocycles. The number of oxime groups is 1. The first-order chi connectivity index (χ1) is 9.77. The maximum absolute atomic E-state index is 11.7. The van der Waals surface area contributed by atoms with E-state index in [-0.39, 0.29) is 18.2 Å². The molecule has 1 aromatic rings. The van der Waals surface area contributed by atoms with Crippen molar-refractivity contribution in [2.45, 2.75) is 19.4 Å². The molecule has 1 rings (SSSR count). The van der Waals surface area contributed by atoms with Gasteiger partial charge in [-0.25, -0.2) is 0 Å². The highest BCUT2D eigenvalue weighted by molar-refractivity contribution is 5.99. The Morgan fingerprint density at radius 2 is 1.95 bits per heavy atom. The molecule has 0 saturated heterocycles. The van der Waals surface area contributed by atoms with E-state index >= 15 is 0 Å². The Hall–Kier alpha value is -2.77. The number of amides is 2. The van der Waals surface area contributed by atoms with Crippen molar-refractivity contribution in [3.8, 4) is 5.75 Å². The zero-order chi connectivity index (χ0) is 16.0. The number of nitrogens with two attached hydrogens (primary N) is 2. The second-order valence-corrected chi connectivity index (χ2v) is 4.81. The molecule has 0 aliphatic heterocycles. The van der Waals surface area contributed by atoms with Crippen molar-refractivity contribution in [2.24, 2.45) is 16.6 Å². The molecule has 6 N–H and O–H groups in total. The lowest BCUT2D eigenvalue weighted by molar-refractivity contribution is -0.131. The molecule has 114 valence electrons. The van der Waals surface area contributed by atoms with Gasteiger partial charge in [0.05, 0.1) is 5.56 Å². The number of rotatable bonds is 6. The number of para-hydroxylation sites is 1. The summed E-state index contributed by atoms with van der Waals surface area (Å²) in [6.45, 7) is 2.63. The van der Waals surface area contributed by atoms with E-state index in [9.17, 15) is 9.59 Å². The number of hydrogen-bond acceptors (Lipinski definition) is 5. The average Bonchev–Trinajstić information content (AvgIpc) is 2.44. The maximum atomic E-state index is 11.7. The van der Waals surface area contributed by atoms with Crippen molar-refractivity contribution in [1.29, 1.82) is 0 Å². The molecule has 8 nitrogen and oxygen atoms in total. The van der Waals surface area contributed by atoms with E-state index in [0.717, 1.165) is 0 Å². The van der Waals surface area contributed by atoms with Gasteiger partial charge >= 0.3 is 0 Å². The second kappa shape index (κ2) is 6.60. The second-order valence-electron chi connectivity index (χ2n) is 4.81. The molecule has 0 radical (unpaired) electrons. The van der Waals surface area contributed by atoms with Crippen molar-refractivity contribution in [3.63, 3.8) is 0 Å². The summed E-state index contributed by atoms with van der Waals surface area (Å²) < 4.78 is 5.31. The summed E-state index contributed by atoms with van der Waals surface area (Å²) in [6.07, 6.45) is 0. The largest absolute Gasteiger partial charge is 0.483 e. The fourth-order valence-electron chi connectivity index (χ4n) is 1.45. The molecule has 0 aromatic heterocycles. The van der Waals surface area contributed by atoms with Gasteiger partial charge < -0.3 is 26.7 Å². The van der Waals surface area contributed by atoms with Crippen LogP contribution in [-0.2, 0) is 9.59 Å². The minimum atomic E-state index is -1.18. The molecule has 0 spiro atoms. The number of primary amides is 1. The Kier molecular flexibility index (Phi) is 5.12. The molecule has 0 saturated carbocycles. The molecule has 0 heterocycles. The van der Waals surface area contributed by atoms with Gasteiger partial charge in [0.2, 0.25) is 5.91 Å². The first-order valence-electron chi connectivity index (χ1n) is 6.08. The number of benzene rings is 1. The zero-order valence-corrected chi connectivity index (χ0v) is 11.8. The molecule has 0 atom stereocenters. The van der Waals surface area contributed by atoms with Crippen LogP contribution >= 0.6 is 0 Å². The predicted octanol–water partition coefficient (Wildman–Crippen LogP) is -0.460. The maximum Gasteiger partial charge on any atom is 0.258 e. The Morgan fingerprint density at radius 3 is 2.52 bits per heavy atom. The third-order valence-corrected chi connectivity index (χ3v) is 2.70. The number of ether oxygens (including phenoxy) is 1. The summed E-state index contributed by atoms with van der Waals surface area (Å²) >= 11 is 0. The number of hydrogen-bond donors (Lipinski definition) is 4. The number of nitrogens with one attached hydrogen (secondary N) is 1. The van der Waals surface area contributed by atoms with Crippen LogP contribution in [0.15, 0.2) is 29.4 Å². The normalized spacial score (nSPS) is 11.8. The highest BCUT2D eigenvalue weighted by atomic mass is 16.5. The van der Waals surface area contributed by atoms with Gasteiger partial charge in [0.1, 0.15) is 11.3 Å². The highest BCUT2D eigenvalue weighted by Gasteiger charge is 2.26. The van der Waals surface area contributed by atoms with Gasteiger partial charge in [-0.3, -0.25) is 9.59 Å². The highest BCUT2D eigenvalue weighted by Crippen LogP contribution is 2.17. The monoisotopic (exact) mass is 294 g/mol. The van der Waals surface area contributed by atoms with Crippen LogP contribution in [0.4, 0.5) is 0 Å². The summed E-state index contributed by atoms with van der Waals surface area (Å²) in [5, 5.41) is 14.0.